The van der Waals surface area contributed by atoms with E-state index in [0.717, 1.165) is 18.5 Å². The highest BCUT2D eigenvalue weighted by Crippen LogP contribution is 2.22. The molecule has 0 aromatic heterocycles. The SMILES string of the molecule is COc1ccc(CNCCCN)c(O)c1. The van der Waals surface area contributed by atoms with E-state index < -0.39 is 0 Å². The summed E-state index contributed by atoms with van der Waals surface area (Å²) in [6.45, 7) is 2.19. The maximum Gasteiger partial charge on any atom is 0.123 e. The molecule has 1 rings (SSSR count). The normalized spacial score (nSPS) is 10.3. The maximum atomic E-state index is 9.63. The Kier molecular flexibility index (Phi) is 4.93. The van der Waals surface area contributed by atoms with Crippen molar-refractivity contribution >= 4 is 0 Å². The summed E-state index contributed by atoms with van der Waals surface area (Å²) >= 11 is 0. The van der Waals surface area contributed by atoms with Gasteiger partial charge in [0.2, 0.25) is 0 Å². The number of ether oxygens (including phenoxy) is 1. The van der Waals surface area contributed by atoms with Crippen molar-refractivity contribution in [1.29, 1.82) is 0 Å². The Balaban J connectivity index is 2.47. The van der Waals surface area contributed by atoms with Gasteiger partial charge >= 0.3 is 0 Å². The molecule has 4 nitrogen and oxygen atoms in total. The first kappa shape index (κ1) is 11.8. The van der Waals surface area contributed by atoms with E-state index in [4.69, 9.17) is 10.5 Å². The highest BCUT2D eigenvalue weighted by Gasteiger charge is 2.01. The fourth-order valence-electron chi connectivity index (χ4n) is 1.27. The van der Waals surface area contributed by atoms with Crippen LogP contribution in [0.3, 0.4) is 0 Å². The molecule has 0 radical (unpaired) electrons. The third-order valence-electron chi connectivity index (χ3n) is 2.17. The van der Waals surface area contributed by atoms with Crippen LogP contribution in [0.2, 0.25) is 0 Å². The second kappa shape index (κ2) is 6.27. The van der Waals surface area contributed by atoms with E-state index >= 15 is 0 Å². The molecule has 0 fully saturated rings. The van der Waals surface area contributed by atoms with E-state index in [1.165, 1.54) is 0 Å². The molecule has 0 aliphatic heterocycles. The van der Waals surface area contributed by atoms with Gasteiger partial charge in [-0.15, -0.1) is 0 Å². The smallest absolute Gasteiger partial charge is 0.123 e. The summed E-state index contributed by atoms with van der Waals surface area (Å²) in [5, 5.41) is 12.8. The molecule has 0 unspecified atom stereocenters. The highest BCUT2D eigenvalue weighted by molar-refractivity contribution is 5.39. The zero-order chi connectivity index (χ0) is 11.1. The molecular weight excluding hydrogens is 192 g/mol. The lowest BCUT2D eigenvalue weighted by Gasteiger charge is -2.07. The number of aromatic hydroxyl groups is 1. The molecule has 0 aliphatic rings. The first-order chi connectivity index (χ1) is 7.27. The van der Waals surface area contributed by atoms with Crippen LogP contribution in [0, 0.1) is 0 Å². The van der Waals surface area contributed by atoms with E-state index in [1.807, 2.05) is 12.1 Å². The monoisotopic (exact) mass is 210 g/mol. The first-order valence-corrected chi connectivity index (χ1v) is 5.04. The predicted molar refractivity (Wildman–Crippen MR) is 60.0 cm³/mol. The van der Waals surface area contributed by atoms with Crippen LogP contribution in [0.1, 0.15) is 12.0 Å². The van der Waals surface area contributed by atoms with Gasteiger partial charge in [0.1, 0.15) is 11.5 Å². The molecule has 84 valence electrons. The molecule has 0 saturated carbocycles. The fraction of sp³-hybridized carbons (Fsp3) is 0.455. The Labute approximate surface area is 90.1 Å². The van der Waals surface area contributed by atoms with Crippen molar-refractivity contribution in [3.05, 3.63) is 23.8 Å². The molecular formula is C11H18N2O2. The Bertz CT molecular complexity index is 303. The van der Waals surface area contributed by atoms with Crippen LogP contribution >= 0.6 is 0 Å². The minimum absolute atomic E-state index is 0.259. The van der Waals surface area contributed by atoms with Crippen LogP contribution in [0.4, 0.5) is 0 Å². The number of methoxy groups -OCH3 is 1. The first-order valence-electron chi connectivity index (χ1n) is 5.04. The Morgan fingerprint density at radius 1 is 1.47 bits per heavy atom. The number of nitrogens with two attached hydrogens (primary N) is 1. The quantitative estimate of drug-likeness (QED) is 0.609. The summed E-state index contributed by atoms with van der Waals surface area (Å²) in [7, 11) is 1.58. The number of hydrogen-bond acceptors (Lipinski definition) is 4. The summed E-state index contributed by atoms with van der Waals surface area (Å²) in [5.41, 5.74) is 6.24. The number of phenolic OH excluding ortho intramolecular Hbond substituents is 1. The minimum atomic E-state index is 0.259. The van der Waals surface area contributed by atoms with Crippen LogP contribution in [0.5, 0.6) is 11.5 Å². The molecule has 4 N–H and O–H groups in total. The van der Waals surface area contributed by atoms with Gasteiger partial charge < -0.3 is 20.9 Å². The molecule has 0 aliphatic carbocycles. The van der Waals surface area contributed by atoms with Crippen molar-refractivity contribution in [2.24, 2.45) is 5.73 Å². The van der Waals surface area contributed by atoms with Crippen molar-refractivity contribution in [2.75, 3.05) is 20.2 Å². The van der Waals surface area contributed by atoms with Gasteiger partial charge in [-0.2, -0.15) is 0 Å². The number of hydrogen-bond donors (Lipinski definition) is 3. The second-order valence-corrected chi connectivity index (χ2v) is 3.31. The van der Waals surface area contributed by atoms with E-state index in [2.05, 4.69) is 5.32 Å². The van der Waals surface area contributed by atoms with Crippen molar-refractivity contribution in [3.8, 4) is 11.5 Å². The molecule has 0 spiro atoms. The van der Waals surface area contributed by atoms with Gasteiger partial charge in [0, 0.05) is 18.2 Å². The minimum Gasteiger partial charge on any atom is -0.507 e. The van der Waals surface area contributed by atoms with Crippen LogP contribution in [0.15, 0.2) is 18.2 Å². The van der Waals surface area contributed by atoms with E-state index in [9.17, 15) is 5.11 Å². The van der Waals surface area contributed by atoms with Gasteiger partial charge in [0.15, 0.2) is 0 Å². The summed E-state index contributed by atoms with van der Waals surface area (Å²) in [5.74, 6) is 0.924. The lowest BCUT2D eigenvalue weighted by molar-refractivity contribution is 0.406. The van der Waals surface area contributed by atoms with E-state index in [-0.39, 0.29) is 5.75 Å². The fourth-order valence-corrected chi connectivity index (χ4v) is 1.27. The Morgan fingerprint density at radius 2 is 2.27 bits per heavy atom. The third-order valence-corrected chi connectivity index (χ3v) is 2.17. The second-order valence-electron chi connectivity index (χ2n) is 3.31. The average Bonchev–Trinajstić information content (AvgIpc) is 2.26. The van der Waals surface area contributed by atoms with Gasteiger partial charge in [-0.25, -0.2) is 0 Å². The van der Waals surface area contributed by atoms with Crippen LogP contribution < -0.4 is 15.8 Å². The molecule has 0 atom stereocenters. The van der Waals surface area contributed by atoms with Crippen molar-refractivity contribution < 1.29 is 9.84 Å². The number of phenols is 1. The molecule has 0 saturated heterocycles. The summed E-state index contributed by atoms with van der Waals surface area (Å²) in [6, 6.07) is 5.29. The Morgan fingerprint density at radius 3 is 2.87 bits per heavy atom. The number of rotatable bonds is 6. The predicted octanol–water partition coefficient (Wildman–Crippen LogP) is 0.839. The molecule has 15 heavy (non-hydrogen) atoms. The summed E-state index contributed by atoms with van der Waals surface area (Å²) < 4.78 is 5.00. The zero-order valence-electron chi connectivity index (χ0n) is 8.99. The lowest BCUT2D eigenvalue weighted by atomic mass is 10.2. The van der Waals surface area contributed by atoms with Gasteiger partial charge in [0.05, 0.1) is 7.11 Å². The van der Waals surface area contributed by atoms with Crippen molar-refractivity contribution in [2.45, 2.75) is 13.0 Å². The van der Waals surface area contributed by atoms with E-state index in [0.29, 0.717) is 18.8 Å². The van der Waals surface area contributed by atoms with Gasteiger partial charge in [-0.05, 0) is 25.6 Å². The highest BCUT2D eigenvalue weighted by atomic mass is 16.5. The van der Waals surface area contributed by atoms with Crippen molar-refractivity contribution in [3.63, 3.8) is 0 Å². The van der Waals surface area contributed by atoms with Gasteiger partial charge in [0.25, 0.3) is 0 Å². The van der Waals surface area contributed by atoms with Gasteiger partial charge in [-0.3, -0.25) is 0 Å². The van der Waals surface area contributed by atoms with Crippen LogP contribution in [-0.2, 0) is 6.54 Å². The standard InChI is InChI=1S/C11H18N2O2/c1-15-10-4-3-9(11(14)7-10)8-13-6-2-5-12/h3-4,7,13-14H,2,5-6,8,12H2,1H3. The molecule has 4 heteroatoms. The maximum absolute atomic E-state index is 9.63. The summed E-state index contributed by atoms with van der Waals surface area (Å²) in [4.78, 5) is 0. The average molecular weight is 210 g/mol. The molecule has 0 heterocycles. The van der Waals surface area contributed by atoms with E-state index in [1.54, 1.807) is 13.2 Å². The molecule has 0 amide bonds. The number of nitrogens with one attached hydrogen (secondary N) is 1. The zero-order valence-corrected chi connectivity index (χ0v) is 8.99. The van der Waals surface area contributed by atoms with Crippen LogP contribution in [-0.4, -0.2) is 25.3 Å². The van der Waals surface area contributed by atoms with Crippen molar-refractivity contribution in [1.82, 2.24) is 5.32 Å². The topological polar surface area (TPSA) is 67.5 Å². The lowest BCUT2D eigenvalue weighted by Crippen LogP contribution is -2.17. The number of benzene rings is 1. The molecule has 0 bridgehead atoms. The third kappa shape index (κ3) is 3.77. The van der Waals surface area contributed by atoms with Gasteiger partial charge in [-0.1, -0.05) is 6.07 Å². The molecule has 1 aromatic carbocycles. The Hall–Kier alpha value is -1.26. The largest absolute Gasteiger partial charge is 0.507 e. The van der Waals surface area contributed by atoms with Crippen LogP contribution in [0.25, 0.3) is 0 Å². The molecule has 1 aromatic rings. The summed E-state index contributed by atoms with van der Waals surface area (Å²) in [6.07, 6.45) is 0.941.